The normalized spacial score (nSPS) is 14.6. The van der Waals surface area contributed by atoms with Gasteiger partial charge >= 0.3 is 54.0 Å². The number of halogens is 28. The maximum atomic E-state index is 6.59. The maximum absolute atomic E-state index is 6.59. The molecule has 0 atom stereocenters. The fourth-order valence-corrected chi connectivity index (χ4v) is 53.4. The molecule has 1 aromatic rings. The van der Waals surface area contributed by atoms with Crippen molar-refractivity contribution in [1.29, 1.82) is 0 Å². The summed E-state index contributed by atoms with van der Waals surface area (Å²) in [5.41, 5.74) is 0. The number of hydrogen-bond donors (Lipinski definition) is 0. The quantitative estimate of drug-likeness (QED) is 0.0451. The van der Waals surface area contributed by atoms with E-state index < -0.39 is 86.3 Å². The summed E-state index contributed by atoms with van der Waals surface area (Å²) in [5, 5.41) is 1.43. The van der Waals surface area contributed by atoms with Crippen LogP contribution < -0.4 is 5.19 Å². The fourth-order valence-electron chi connectivity index (χ4n) is 12.2. The zero-order chi connectivity index (χ0) is 63.9. The second-order valence-corrected chi connectivity index (χ2v) is 127. The molecule has 0 fully saturated rings. The average molecular weight is 1980 g/mol. The zero-order valence-corrected chi connectivity index (χ0v) is 80.8. The van der Waals surface area contributed by atoms with Crippen molar-refractivity contribution in [3.63, 3.8) is 0 Å². The Morgan fingerprint density at radius 1 is 0.193 bits per heavy atom. The molecule has 0 aromatic heterocycles. The standard InChI is InChI=1S/C42H76BrCl27Si13/c43-41-13-15-42(16-14-41)74(29-1-17-71(20-4-32-75(44,45)46,21-5-33-76(47,48)49)22-6-34-77(50,51)52,30-2-18-72(23-7-35-78(53,54)55,24-8-36-79(56,57)58)25-9-37-80(59,60)61)31-3-19-73(26-10-38-81(62,63)64,27-11-39-82(65,66)67)28-12-40-83(68,69)70/h13-16H,1-12,17-40H2. The molecular weight excluding hydrogens is 1910 g/mol. The van der Waals surface area contributed by atoms with E-state index in [0.717, 1.165) is 172 Å². The molecule has 0 unspecified atom stereocenters. The predicted octanol–water partition coefficient (Wildman–Crippen LogP) is 31.0. The van der Waals surface area contributed by atoms with Crippen molar-refractivity contribution >= 4 is 407 Å². The van der Waals surface area contributed by atoms with E-state index in [1.165, 1.54) is 5.19 Å². The first-order valence-electron chi connectivity index (χ1n) is 27.8. The minimum Gasteiger partial charge on any atom is -0.126 e. The van der Waals surface area contributed by atoms with Crippen LogP contribution >= 0.6 is 315 Å². The SMILES string of the molecule is Cl[Si](Cl)(Cl)CCC[Si](CCC[Si](Cl)(Cl)Cl)(CCC[Si](Cl)(Cl)Cl)CCC[Si](CCC[Si](CCC[Si](Cl)(Cl)Cl)(CCC[Si](Cl)(Cl)Cl)CCC[Si](Cl)(Cl)Cl)(CCC[Si](CCC[Si](Cl)(Cl)Cl)(CCC[Si](Cl)(Cl)Cl)CCC[Si](Cl)(Cl)Cl)c1ccc(Br)cc1. The van der Waals surface area contributed by atoms with E-state index in [9.17, 15) is 0 Å². The van der Waals surface area contributed by atoms with Gasteiger partial charge in [-0.15, -0.1) is 299 Å². The highest BCUT2D eigenvalue weighted by Crippen LogP contribution is 2.46. The molecule has 0 saturated heterocycles. The molecule has 0 spiro atoms. The molecule has 1 aromatic carbocycles. The summed E-state index contributed by atoms with van der Waals surface area (Å²) in [6.07, 6.45) is 10.3. The van der Waals surface area contributed by atoms with Gasteiger partial charge in [0.15, 0.2) is 0 Å². The van der Waals surface area contributed by atoms with Gasteiger partial charge in [0.2, 0.25) is 0 Å². The third-order valence-corrected chi connectivity index (χ3v) is 62.6. The molecule has 1 rings (SSSR count). The Morgan fingerprint density at radius 3 is 0.458 bits per heavy atom. The number of rotatable bonds is 49. The van der Waals surface area contributed by atoms with Crippen LogP contribution in [-0.4, -0.2) is 86.3 Å². The lowest BCUT2D eigenvalue weighted by Crippen LogP contribution is -2.49. The molecule has 0 aliphatic rings. The van der Waals surface area contributed by atoms with Gasteiger partial charge in [0.05, 0.1) is 32.3 Å². The van der Waals surface area contributed by atoms with Crippen LogP contribution in [0.1, 0.15) is 77.0 Å². The van der Waals surface area contributed by atoms with Gasteiger partial charge in [-0.3, -0.25) is 0 Å². The molecule has 41 heteroatoms. The van der Waals surface area contributed by atoms with Crippen LogP contribution in [0.4, 0.5) is 0 Å². The van der Waals surface area contributed by atoms with Crippen LogP contribution in [0.25, 0.3) is 0 Å². The molecular formula is C42H76BrCl27Si13. The van der Waals surface area contributed by atoms with Crippen LogP contribution in [0.2, 0.25) is 145 Å². The second-order valence-electron chi connectivity index (χ2n) is 23.1. The van der Waals surface area contributed by atoms with Crippen molar-refractivity contribution in [2.24, 2.45) is 0 Å². The minimum atomic E-state index is -2.93. The molecule has 0 heterocycles. The van der Waals surface area contributed by atoms with Crippen molar-refractivity contribution in [3.05, 3.63) is 28.7 Å². The predicted molar refractivity (Wildman–Crippen MR) is 437 cm³/mol. The molecule has 0 saturated carbocycles. The molecule has 492 valence electrons. The molecule has 0 nitrogen and oxygen atoms in total. The molecule has 0 radical (unpaired) electrons. The van der Waals surface area contributed by atoms with Crippen molar-refractivity contribution in [2.75, 3.05) is 0 Å². The lowest BCUT2D eigenvalue weighted by atomic mass is 10.4. The first-order valence-corrected chi connectivity index (χ1v) is 86.9. The summed E-state index contributed by atoms with van der Waals surface area (Å²) in [5.74, 6) is 0. The molecule has 0 bridgehead atoms. The Balaban J connectivity index is 4.34. The Kier molecular flexibility index (Phi) is 47.0. The molecule has 83 heavy (non-hydrogen) atoms. The summed E-state index contributed by atoms with van der Waals surface area (Å²) >= 11 is 182. The summed E-state index contributed by atoms with van der Waals surface area (Å²) in [6, 6.07) is 2.90. The van der Waals surface area contributed by atoms with Gasteiger partial charge in [-0.1, -0.05) is 201 Å². The summed E-state index contributed by atoms with van der Waals surface area (Å²) in [4.78, 5) is 0. The molecule has 0 aliphatic heterocycles. The Morgan fingerprint density at radius 2 is 0.325 bits per heavy atom. The summed E-state index contributed by atoms with van der Waals surface area (Å²) in [6.45, 7) is 0. The van der Waals surface area contributed by atoms with Crippen LogP contribution in [0.3, 0.4) is 0 Å². The smallest absolute Gasteiger partial charge is 0.126 e. The fraction of sp³-hybridized carbons (Fsp3) is 0.857. The monoisotopic (exact) mass is 1970 g/mol. The van der Waals surface area contributed by atoms with E-state index in [0.29, 0.717) is 54.4 Å². The summed E-state index contributed by atoms with van der Waals surface area (Å²) < 4.78 is 1.01. The third kappa shape index (κ3) is 50.4. The highest BCUT2D eigenvalue weighted by Gasteiger charge is 2.44. The largest absolute Gasteiger partial charge is 0.341 e. The highest BCUT2D eigenvalue weighted by molar-refractivity contribution is 9.10. The first-order chi connectivity index (χ1) is 37.5. The lowest BCUT2D eigenvalue weighted by molar-refractivity contribution is 0.842. The van der Waals surface area contributed by atoms with Crippen molar-refractivity contribution in [3.8, 4) is 0 Å². The van der Waals surface area contributed by atoms with Gasteiger partial charge < -0.3 is 0 Å². The van der Waals surface area contributed by atoms with E-state index in [2.05, 4.69) is 40.2 Å². The average Bonchev–Trinajstić information content (AvgIpc) is 3.49. The first kappa shape index (κ1) is 91.4. The topological polar surface area (TPSA) is 0 Å². The third-order valence-electron chi connectivity index (χ3n) is 16.1. The zero-order valence-electron chi connectivity index (χ0n) is 45.8. The minimum absolute atomic E-state index is 0.564. The van der Waals surface area contributed by atoms with E-state index in [1.807, 2.05) is 0 Å². The van der Waals surface area contributed by atoms with Crippen molar-refractivity contribution < 1.29 is 0 Å². The number of hydrogen-bond acceptors (Lipinski definition) is 0. The van der Waals surface area contributed by atoms with Gasteiger partial charge in [-0.2, -0.15) is 0 Å². The van der Waals surface area contributed by atoms with Crippen molar-refractivity contribution in [1.82, 2.24) is 0 Å². The van der Waals surface area contributed by atoms with E-state index in [1.54, 1.807) is 0 Å². The van der Waals surface area contributed by atoms with Gasteiger partial charge in [0.1, 0.15) is 0 Å². The second kappa shape index (κ2) is 42.7. The molecule has 0 amide bonds. The van der Waals surface area contributed by atoms with Crippen LogP contribution in [0.5, 0.6) is 0 Å². The maximum Gasteiger partial charge on any atom is 0.341 e. The van der Waals surface area contributed by atoms with Gasteiger partial charge in [-0.05, 0) is 66.5 Å². The van der Waals surface area contributed by atoms with E-state index >= 15 is 0 Å². The van der Waals surface area contributed by atoms with E-state index in [-0.39, 0.29) is 0 Å². The van der Waals surface area contributed by atoms with Crippen LogP contribution in [0.15, 0.2) is 28.7 Å². The Bertz CT molecular complexity index is 1590. The van der Waals surface area contributed by atoms with Gasteiger partial charge in [0, 0.05) is 4.47 Å². The van der Waals surface area contributed by atoms with Gasteiger partial charge in [0.25, 0.3) is 0 Å². The Labute approximate surface area is 647 Å². The molecule has 0 aliphatic carbocycles. The molecule has 0 N–H and O–H groups in total. The van der Waals surface area contributed by atoms with Crippen LogP contribution in [-0.2, 0) is 0 Å². The lowest BCUT2D eigenvalue weighted by Gasteiger charge is -2.39. The van der Waals surface area contributed by atoms with Crippen molar-refractivity contribution in [2.45, 2.75) is 222 Å². The van der Waals surface area contributed by atoms with Gasteiger partial charge in [-0.25, -0.2) is 0 Å². The summed E-state index contributed by atoms with van der Waals surface area (Å²) in [7, 11) is -9.16. The number of benzene rings is 1. The highest BCUT2D eigenvalue weighted by atomic mass is 79.9. The van der Waals surface area contributed by atoms with Crippen LogP contribution in [0, 0.1) is 0 Å². The van der Waals surface area contributed by atoms with E-state index in [4.69, 9.17) is 299 Å². The Hall–Kier alpha value is 10.3.